The number of nitrogens with one attached hydrogen (secondary N) is 2. The van der Waals surface area contributed by atoms with E-state index in [1.165, 1.54) is 25.7 Å². The molecule has 0 saturated heterocycles. The van der Waals surface area contributed by atoms with Gasteiger partial charge in [0.05, 0.1) is 6.54 Å². The maximum Gasteiger partial charge on any atom is 0.191 e. The smallest absolute Gasteiger partial charge is 0.191 e. The van der Waals surface area contributed by atoms with Crippen molar-refractivity contribution in [3.05, 3.63) is 54.3 Å². The van der Waals surface area contributed by atoms with Crippen LogP contribution in [-0.4, -0.2) is 33.6 Å². The summed E-state index contributed by atoms with van der Waals surface area (Å²) < 4.78 is 1.89. The lowest BCUT2D eigenvalue weighted by molar-refractivity contribution is 0.665. The first-order valence-electron chi connectivity index (χ1n) is 9.48. The van der Waals surface area contributed by atoms with Gasteiger partial charge in [0.2, 0.25) is 0 Å². The molecule has 0 atom stereocenters. The summed E-state index contributed by atoms with van der Waals surface area (Å²) in [5, 5.41) is 6.75. The minimum absolute atomic E-state index is 0. The Hall–Kier alpha value is -1.90. The van der Waals surface area contributed by atoms with Gasteiger partial charge in [-0.15, -0.1) is 24.0 Å². The highest BCUT2D eigenvalue weighted by Gasteiger charge is 2.04. The zero-order chi connectivity index (χ0) is 18.0. The Bertz CT molecular complexity index is 721. The minimum Gasteiger partial charge on any atom is -0.357 e. The largest absolute Gasteiger partial charge is 0.357 e. The summed E-state index contributed by atoms with van der Waals surface area (Å²) in [5.41, 5.74) is 2.67. The third kappa shape index (κ3) is 6.97. The number of nitrogens with zero attached hydrogens (tertiary/aromatic N) is 4. The second kappa shape index (κ2) is 11.7. The van der Waals surface area contributed by atoms with E-state index in [2.05, 4.69) is 44.7 Å². The van der Waals surface area contributed by atoms with E-state index in [1.54, 1.807) is 18.1 Å². The number of aliphatic imine (C=N–C) groups is 1. The lowest BCUT2D eigenvalue weighted by Crippen LogP contribution is -2.37. The van der Waals surface area contributed by atoms with E-state index < -0.39 is 0 Å². The average molecular weight is 480 g/mol. The Morgan fingerprint density at radius 2 is 2.19 bits per heavy atom. The third-order valence-corrected chi connectivity index (χ3v) is 4.47. The van der Waals surface area contributed by atoms with Crippen molar-refractivity contribution in [2.75, 3.05) is 13.1 Å². The van der Waals surface area contributed by atoms with Crippen LogP contribution in [0.5, 0.6) is 0 Å². The van der Waals surface area contributed by atoms with Gasteiger partial charge in [0.1, 0.15) is 12.1 Å². The number of halogens is 1. The zero-order valence-corrected chi connectivity index (χ0v) is 18.2. The number of hydrogen-bond donors (Lipinski definition) is 2. The number of allylic oxidation sites excluding steroid dienone is 1. The molecule has 0 radical (unpaired) electrons. The molecule has 0 bridgehead atoms. The highest BCUT2D eigenvalue weighted by molar-refractivity contribution is 14.0. The van der Waals surface area contributed by atoms with Crippen LogP contribution in [-0.2, 0) is 6.54 Å². The van der Waals surface area contributed by atoms with Gasteiger partial charge in [0, 0.05) is 31.7 Å². The fourth-order valence-corrected chi connectivity index (χ4v) is 3.04. The molecule has 27 heavy (non-hydrogen) atoms. The summed E-state index contributed by atoms with van der Waals surface area (Å²) in [4.78, 5) is 13.2. The van der Waals surface area contributed by atoms with E-state index in [-0.39, 0.29) is 24.0 Å². The molecular formula is C20H29IN6. The molecule has 0 aliphatic heterocycles. The number of imidazole rings is 1. The van der Waals surface area contributed by atoms with Gasteiger partial charge in [0.15, 0.2) is 5.96 Å². The Morgan fingerprint density at radius 1 is 1.26 bits per heavy atom. The molecule has 2 heterocycles. The molecule has 2 N–H and O–H groups in total. The standard InChI is InChI=1S/C20H28N6.HI/c1-2-22-20(23-11-10-17-6-4-3-5-7-17)25-15-18-8-9-19(24-14-18)26-13-12-21-16-26;/h6,8-9,12-14,16H,2-5,7,10-11,15H2,1H3,(H2,22,23,25);1H. The Labute approximate surface area is 178 Å². The zero-order valence-electron chi connectivity index (χ0n) is 15.9. The molecule has 0 fully saturated rings. The van der Waals surface area contributed by atoms with Crippen LogP contribution in [0, 0.1) is 0 Å². The van der Waals surface area contributed by atoms with Gasteiger partial charge in [-0.25, -0.2) is 15.0 Å². The van der Waals surface area contributed by atoms with E-state index in [4.69, 9.17) is 0 Å². The molecule has 1 aliphatic carbocycles. The van der Waals surface area contributed by atoms with Crippen LogP contribution in [0.4, 0.5) is 0 Å². The van der Waals surface area contributed by atoms with Crippen molar-refractivity contribution in [2.24, 2.45) is 4.99 Å². The van der Waals surface area contributed by atoms with Crippen molar-refractivity contribution >= 4 is 29.9 Å². The van der Waals surface area contributed by atoms with E-state index in [0.717, 1.165) is 36.9 Å². The number of aromatic nitrogens is 3. The summed E-state index contributed by atoms with van der Waals surface area (Å²) in [6.07, 6.45) is 15.9. The minimum atomic E-state index is 0. The molecule has 0 spiro atoms. The maximum absolute atomic E-state index is 4.67. The molecule has 7 heteroatoms. The fraction of sp³-hybridized carbons (Fsp3) is 0.450. The van der Waals surface area contributed by atoms with Crippen molar-refractivity contribution in [1.82, 2.24) is 25.2 Å². The molecule has 146 valence electrons. The fourth-order valence-electron chi connectivity index (χ4n) is 3.04. The predicted octanol–water partition coefficient (Wildman–Crippen LogP) is 3.83. The Morgan fingerprint density at radius 3 is 2.85 bits per heavy atom. The Kier molecular flexibility index (Phi) is 9.30. The molecule has 0 aromatic carbocycles. The maximum atomic E-state index is 4.67. The quantitative estimate of drug-likeness (QED) is 0.274. The highest BCUT2D eigenvalue weighted by Crippen LogP contribution is 2.19. The molecule has 0 saturated carbocycles. The number of guanidine groups is 1. The first-order valence-corrected chi connectivity index (χ1v) is 9.48. The third-order valence-electron chi connectivity index (χ3n) is 4.47. The number of hydrogen-bond acceptors (Lipinski definition) is 3. The van der Waals surface area contributed by atoms with Crippen LogP contribution in [0.15, 0.2) is 53.7 Å². The van der Waals surface area contributed by atoms with Gasteiger partial charge in [-0.3, -0.25) is 4.57 Å². The number of rotatable bonds is 7. The molecule has 2 aromatic heterocycles. The van der Waals surface area contributed by atoms with Crippen LogP contribution in [0.25, 0.3) is 5.82 Å². The second-order valence-corrected chi connectivity index (χ2v) is 6.47. The van der Waals surface area contributed by atoms with Gasteiger partial charge >= 0.3 is 0 Å². The SMILES string of the molecule is CCNC(=NCc1ccc(-n2ccnc2)nc1)NCCC1=CCCCC1.I. The molecule has 1 aliphatic rings. The van der Waals surface area contributed by atoms with Gasteiger partial charge in [-0.2, -0.15) is 0 Å². The van der Waals surface area contributed by atoms with Crippen molar-refractivity contribution < 1.29 is 0 Å². The summed E-state index contributed by atoms with van der Waals surface area (Å²) >= 11 is 0. The van der Waals surface area contributed by atoms with E-state index in [0.29, 0.717) is 6.54 Å². The van der Waals surface area contributed by atoms with Gasteiger partial charge in [0.25, 0.3) is 0 Å². The molecule has 0 amide bonds. The monoisotopic (exact) mass is 480 g/mol. The lowest BCUT2D eigenvalue weighted by Gasteiger charge is -2.15. The molecule has 0 unspecified atom stereocenters. The number of pyridine rings is 1. The highest BCUT2D eigenvalue weighted by atomic mass is 127. The van der Waals surface area contributed by atoms with Crippen LogP contribution >= 0.6 is 24.0 Å². The van der Waals surface area contributed by atoms with E-state index >= 15 is 0 Å². The second-order valence-electron chi connectivity index (χ2n) is 6.47. The van der Waals surface area contributed by atoms with Crippen LogP contribution in [0.3, 0.4) is 0 Å². The van der Waals surface area contributed by atoms with Gasteiger partial charge in [-0.1, -0.05) is 17.7 Å². The lowest BCUT2D eigenvalue weighted by atomic mass is 9.97. The van der Waals surface area contributed by atoms with Gasteiger partial charge < -0.3 is 10.6 Å². The summed E-state index contributed by atoms with van der Waals surface area (Å²) in [7, 11) is 0. The van der Waals surface area contributed by atoms with Crippen LogP contribution in [0.2, 0.25) is 0 Å². The van der Waals surface area contributed by atoms with Crippen molar-refractivity contribution in [1.29, 1.82) is 0 Å². The average Bonchev–Trinajstić information content (AvgIpc) is 3.22. The summed E-state index contributed by atoms with van der Waals surface area (Å²) in [6.45, 7) is 4.47. The molecule has 3 rings (SSSR count). The van der Waals surface area contributed by atoms with Crippen molar-refractivity contribution in [2.45, 2.75) is 45.6 Å². The predicted molar refractivity (Wildman–Crippen MR) is 121 cm³/mol. The normalized spacial score (nSPS) is 14.3. The summed E-state index contributed by atoms with van der Waals surface area (Å²) in [6, 6.07) is 4.05. The topological polar surface area (TPSA) is 67.1 Å². The molecular weight excluding hydrogens is 451 g/mol. The summed E-state index contributed by atoms with van der Waals surface area (Å²) in [5.74, 6) is 1.73. The van der Waals surface area contributed by atoms with Crippen molar-refractivity contribution in [3.8, 4) is 5.82 Å². The first kappa shape index (κ1) is 21.4. The Balaban J connectivity index is 0.00000261. The van der Waals surface area contributed by atoms with E-state index in [9.17, 15) is 0 Å². The van der Waals surface area contributed by atoms with Crippen LogP contribution < -0.4 is 10.6 Å². The van der Waals surface area contributed by atoms with Crippen LogP contribution in [0.1, 0.15) is 44.6 Å². The van der Waals surface area contributed by atoms with Crippen molar-refractivity contribution in [3.63, 3.8) is 0 Å². The first-order chi connectivity index (χ1) is 12.8. The van der Waals surface area contributed by atoms with E-state index in [1.807, 2.05) is 23.0 Å². The van der Waals surface area contributed by atoms with Gasteiger partial charge in [-0.05, 0) is 50.7 Å². The molecule has 6 nitrogen and oxygen atoms in total. The molecule has 2 aromatic rings.